The van der Waals surface area contributed by atoms with Gasteiger partial charge in [-0.25, -0.2) is 0 Å². The lowest BCUT2D eigenvalue weighted by molar-refractivity contribution is 0.494. The van der Waals surface area contributed by atoms with Crippen LogP contribution in [0.4, 0.5) is 0 Å². The maximum absolute atomic E-state index is 6.57. The Morgan fingerprint density at radius 3 is 2.55 bits per heavy atom. The van der Waals surface area contributed by atoms with Crippen molar-refractivity contribution in [1.82, 2.24) is 0 Å². The highest BCUT2D eigenvalue weighted by Crippen LogP contribution is 1.99. The van der Waals surface area contributed by atoms with E-state index in [1.807, 2.05) is 30.3 Å². The van der Waals surface area contributed by atoms with Crippen LogP contribution in [0.25, 0.3) is 6.08 Å². The normalized spacial score (nSPS) is 9.82. The van der Waals surface area contributed by atoms with Crippen LogP contribution in [0.3, 0.4) is 0 Å². The van der Waals surface area contributed by atoms with Gasteiger partial charge in [-0.05, 0) is 11.6 Å². The summed E-state index contributed by atoms with van der Waals surface area (Å²) < 4.78 is 4.60. The molecule has 0 spiro atoms. The van der Waals surface area contributed by atoms with Gasteiger partial charge in [0.15, 0.2) is 6.40 Å². The summed E-state index contributed by atoms with van der Waals surface area (Å²) in [4.78, 5) is 0. The Kier molecular flexibility index (Phi) is 2.93. The van der Waals surface area contributed by atoms with E-state index in [1.54, 1.807) is 6.08 Å². The second-order valence-electron chi connectivity index (χ2n) is 1.97. The fourth-order valence-corrected chi connectivity index (χ4v) is 0.721. The zero-order chi connectivity index (χ0) is 7.94. The van der Waals surface area contributed by atoms with Gasteiger partial charge in [-0.3, -0.25) is 5.41 Å². The fourth-order valence-electron chi connectivity index (χ4n) is 0.721. The molecule has 0 fully saturated rings. The van der Waals surface area contributed by atoms with Crippen LogP contribution in [0.1, 0.15) is 5.56 Å². The standard InChI is InChI=1S/C9H9NO/c10-8-11-7-6-9-4-2-1-3-5-9/h1-8,10H. The van der Waals surface area contributed by atoms with Crippen molar-refractivity contribution in [3.05, 3.63) is 42.2 Å². The fraction of sp³-hybridized carbons (Fsp3) is 0. The average molecular weight is 147 g/mol. The third kappa shape index (κ3) is 2.67. The van der Waals surface area contributed by atoms with Crippen molar-refractivity contribution in [3.8, 4) is 0 Å². The van der Waals surface area contributed by atoms with Crippen LogP contribution >= 0.6 is 0 Å². The predicted octanol–water partition coefficient (Wildman–Crippen LogP) is 2.28. The van der Waals surface area contributed by atoms with Crippen LogP contribution in [-0.2, 0) is 4.74 Å². The molecule has 0 unspecified atom stereocenters. The van der Waals surface area contributed by atoms with E-state index in [0.29, 0.717) is 0 Å². The molecule has 2 nitrogen and oxygen atoms in total. The Morgan fingerprint density at radius 2 is 1.91 bits per heavy atom. The minimum absolute atomic E-state index is 0.888. The number of hydrogen-bond donors (Lipinski definition) is 1. The van der Waals surface area contributed by atoms with Gasteiger partial charge in [0.25, 0.3) is 0 Å². The van der Waals surface area contributed by atoms with E-state index in [1.165, 1.54) is 6.26 Å². The highest BCUT2D eigenvalue weighted by atomic mass is 16.5. The molecular weight excluding hydrogens is 138 g/mol. The summed E-state index contributed by atoms with van der Waals surface area (Å²) in [6.45, 7) is 0. The van der Waals surface area contributed by atoms with Crippen LogP contribution in [0.5, 0.6) is 0 Å². The molecular formula is C9H9NO. The van der Waals surface area contributed by atoms with Crippen LogP contribution in [0.15, 0.2) is 36.6 Å². The lowest BCUT2D eigenvalue weighted by Gasteiger charge is -1.89. The summed E-state index contributed by atoms with van der Waals surface area (Å²) in [5, 5.41) is 6.57. The van der Waals surface area contributed by atoms with Gasteiger partial charge in [-0.2, -0.15) is 0 Å². The highest BCUT2D eigenvalue weighted by molar-refractivity contribution is 5.50. The first kappa shape index (κ1) is 7.54. The average Bonchev–Trinajstić information content (AvgIpc) is 2.07. The Balaban J connectivity index is 2.57. The smallest absolute Gasteiger partial charge is 0.172 e. The van der Waals surface area contributed by atoms with Gasteiger partial charge in [0.05, 0.1) is 6.26 Å². The van der Waals surface area contributed by atoms with E-state index in [-0.39, 0.29) is 0 Å². The number of hydrogen-bond acceptors (Lipinski definition) is 2. The van der Waals surface area contributed by atoms with Crippen molar-refractivity contribution in [2.75, 3.05) is 0 Å². The molecule has 11 heavy (non-hydrogen) atoms. The van der Waals surface area contributed by atoms with Gasteiger partial charge in [-0.15, -0.1) is 0 Å². The molecule has 0 bridgehead atoms. The van der Waals surface area contributed by atoms with Gasteiger partial charge < -0.3 is 4.74 Å². The second-order valence-corrected chi connectivity index (χ2v) is 1.97. The van der Waals surface area contributed by atoms with Crippen LogP contribution < -0.4 is 0 Å². The number of rotatable bonds is 3. The third-order valence-corrected chi connectivity index (χ3v) is 1.21. The molecule has 0 amide bonds. The Hall–Kier alpha value is -1.57. The Bertz CT molecular complexity index is 241. The van der Waals surface area contributed by atoms with Crippen molar-refractivity contribution in [1.29, 1.82) is 5.41 Å². The molecule has 0 heterocycles. The van der Waals surface area contributed by atoms with Gasteiger partial charge in [-0.1, -0.05) is 30.3 Å². The number of nitrogens with one attached hydrogen (secondary N) is 1. The molecule has 2 heteroatoms. The molecule has 0 radical (unpaired) electrons. The number of benzene rings is 1. The maximum atomic E-state index is 6.57. The molecule has 0 saturated heterocycles. The summed E-state index contributed by atoms with van der Waals surface area (Å²) in [5.74, 6) is 0. The van der Waals surface area contributed by atoms with Crippen molar-refractivity contribution in [2.24, 2.45) is 0 Å². The summed E-state index contributed by atoms with van der Waals surface area (Å²) in [6.07, 6.45) is 4.16. The van der Waals surface area contributed by atoms with E-state index in [4.69, 9.17) is 5.41 Å². The summed E-state index contributed by atoms with van der Waals surface area (Å²) >= 11 is 0. The summed E-state index contributed by atoms with van der Waals surface area (Å²) in [6, 6.07) is 9.77. The lowest BCUT2D eigenvalue weighted by Crippen LogP contribution is -1.72. The van der Waals surface area contributed by atoms with Gasteiger partial charge in [0.2, 0.25) is 0 Å². The predicted molar refractivity (Wildman–Crippen MR) is 45.3 cm³/mol. The van der Waals surface area contributed by atoms with Crippen LogP contribution in [0.2, 0.25) is 0 Å². The first-order valence-electron chi connectivity index (χ1n) is 3.29. The van der Waals surface area contributed by atoms with Crippen molar-refractivity contribution in [2.45, 2.75) is 0 Å². The summed E-state index contributed by atoms with van der Waals surface area (Å²) in [7, 11) is 0. The monoisotopic (exact) mass is 147 g/mol. The molecule has 56 valence electrons. The molecule has 0 aliphatic rings. The molecule has 0 aliphatic heterocycles. The molecule has 0 atom stereocenters. The van der Waals surface area contributed by atoms with Crippen molar-refractivity contribution < 1.29 is 4.74 Å². The van der Waals surface area contributed by atoms with Gasteiger partial charge in [0, 0.05) is 0 Å². The van der Waals surface area contributed by atoms with Crippen LogP contribution in [-0.4, -0.2) is 6.40 Å². The maximum Gasteiger partial charge on any atom is 0.172 e. The lowest BCUT2D eigenvalue weighted by atomic mass is 10.2. The zero-order valence-corrected chi connectivity index (χ0v) is 6.03. The van der Waals surface area contributed by atoms with Gasteiger partial charge in [0.1, 0.15) is 0 Å². The molecule has 0 aliphatic carbocycles. The molecule has 1 aromatic carbocycles. The topological polar surface area (TPSA) is 33.1 Å². The Labute approximate surface area is 65.6 Å². The Morgan fingerprint density at radius 1 is 1.18 bits per heavy atom. The van der Waals surface area contributed by atoms with Gasteiger partial charge >= 0.3 is 0 Å². The van der Waals surface area contributed by atoms with E-state index in [0.717, 1.165) is 12.0 Å². The van der Waals surface area contributed by atoms with E-state index >= 15 is 0 Å². The van der Waals surface area contributed by atoms with Crippen molar-refractivity contribution in [3.63, 3.8) is 0 Å². The van der Waals surface area contributed by atoms with E-state index in [2.05, 4.69) is 4.74 Å². The molecule has 0 saturated carbocycles. The van der Waals surface area contributed by atoms with Crippen LogP contribution in [0, 0.1) is 5.41 Å². The molecule has 1 rings (SSSR count). The largest absolute Gasteiger partial charge is 0.454 e. The second kappa shape index (κ2) is 4.28. The minimum Gasteiger partial charge on any atom is -0.454 e. The third-order valence-electron chi connectivity index (χ3n) is 1.21. The minimum atomic E-state index is 0.888. The highest BCUT2D eigenvalue weighted by Gasteiger charge is 1.80. The first-order valence-corrected chi connectivity index (χ1v) is 3.29. The quantitative estimate of drug-likeness (QED) is 0.397. The molecule has 1 aromatic rings. The van der Waals surface area contributed by atoms with Crippen molar-refractivity contribution >= 4 is 12.5 Å². The van der Waals surface area contributed by atoms with E-state index < -0.39 is 0 Å². The SMILES string of the molecule is N=COC=Cc1ccccc1. The summed E-state index contributed by atoms with van der Waals surface area (Å²) in [5.41, 5.74) is 1.06. The zero-order valence-electron chi connectivity index (χ0n) is 6.03. The first-order chi connectivity index (χ1) is 5.43. The van der Waals surface area contributed by atoms with E-state index in [9.17, 15) is 0 Å². The molecule has 1 N–H and O–H groups in total. The molecule has 0 aromatic heterocycles. The number of ether oxygens (including phenoxy) is 1.